The molecule has 0 N–H and O–H groups in total. The molecule has 0 fully saturated rings. The predicted molar refractivity (Wildman–Crippen MR) is 54.2 cm³/mol. The molecule has 0 aliphatic heterocycles. The van der Waals surface area contributed by atoms with Crippen LogP contribution in [0.25, 0.3) is 0 Å². The Balaban J connectivity index is 5.86. The normalized spacial score (nSPS) is 15.3. The standard InChI is InChI=1S/C10H3F15O4/c1-2-3(26)27-10(24,25)29-9(22,23)8(20,21)28-7(18,19)5(13,14)4(11,12)6(15,16)17/h2H,1H2. The van der Waals surface area contributed by atoms with Gasteiger partial charge in [0.05, 0.1) is 0 Å². The van der Waals surface area contributed by atoms with Crippen LogP contribution < -0.4 is 0 Å². The van der Waals surface area contributed by atoms with Gasteiger partial charge in [-0.25, -0.2) is 14.3 Å². The first-order valence-electron chi connectivity index (χ1n) is 5.96. The lowest BCUT2D eigenvalue weighted by Crippen LogP contribution is -2.64. The van der Waals surface area contributed by atoms with Crippen LogP contribution in [0.5, 0.6) is 0 Å². The number of carbonyl (C=O) groups excluding carboxylic acids is 1. The zero-order valence-corrected chi connectivity index (χ0v) is 12.6. The first-order chi connectivity index (χ1) is 12.4. The molecule has 0 heterocycles. The fourth-order valence-electron chi connectivity index (χ4n) is 1.03. The molecule has 0 aromatic heterocycles. The molecule has 0 amide bonds. The van der Waals surface area contributed by atoms with E-state index in [0.717, 1.165) is 0 Å². The minimum atomic E-state index is -7.95. The van der Waals surface area contributed by atoms with Gasteiger partial charge in [-0.1, -0.05) is 6.58 Å². The summed E-state index contributed by atoms with van der Waals surface area (Å²) in [7, 11) is 0. The molecule has 0 rings (SSSR count). The van der Waals surface area contributed by atoms with Crippen LogP contribution in [0.15, 0.2) is 12.7 Å². The van der Waals surface area contributed by atoms with E-state index in [2.05, 4.69) is 11.3 Å². The van der Waals surface area contributed by atoms with Crippen LogP contribution in [0.2, 0.25) is 0 Å². The third-order valence-corrected chi connectivity index (χ3v) is 2.34. The van der Waals surface area contributed by atoms with Gasteiger partial charge in [0.15, 0.2) is 0 Å². The van der Waals surface area contributed by atoms with E-state index in [1.165, 1.54) is 4.74 Å². The summed E-state index contributed by atoms with van der Waals surface area (Å²) < 4.78 is 194. The number of esters is 1. The van der Waals surface area contributed by atoms with Gasteiger partial charge in [-0.2, -0.15) is 57.1 Å². The zero-order valence-electron chi connectivity index (χ0n) is 12.6. The quantitative estimate of drug-likeness (QED) is 0.207. The second kappa shape index (κ2) is 7.40. The molecule has 0 bridgehead atoms. The van der Waals surface area contributed by atoms with Crippen LogP contribution in [0.4, 0.5) is 65.9 Å². The van der Waals surface area contributed by atoms with Gasteiger partial charge in [0.2, 0.25) is 0 Å². The fourth-order valence-corrected chi connectivity index (χ4v) is 1.03. The van der Waals surface area contributed by atoms with E-state index in [4.69, 9.17) is 0 Å². The van der Waals surface area contributed by atoms with Crippen molar-refractivity contribution in [1.82, 2.24) is 0 Å². The Morgan fingerprint density at radius 2 is 1.00 bits per heavy atom. The number of hydrogen-bond acceptors (Lipinski definition) is 4. The van der Waals surface area contributed by atoms with Crippen LogP contribution in [-0.4, -0.2) is 48.6 Å². The van der Waals surface area contributed by atoms with E-state index in [1.807, 2.05) is 4.74 Å². The Morgan fingerprint density at radius 1 is 0.621 bits per heavy atom. The van der Waals surface area contributed by atoms with Gasteiger partial charge in [-0.05, 0) is 0 Å². The van der Waals surface area contributed by atoms with Crippen molar-refractivity contribution in [1.29, 1.82) is 0 Å². The van der Waals surface area contributed by atoms with Crippen molar-refractivity contribution in [2.75, 3.05) is 0 Å². The van der Waals surface area contributed by atoms with Crippen molar-refractivity contribution in [3.05, 3.63) is 12.7 Å². The minimum Gasteiger partial charge on any atom is -0.373 e. The summed E-state index contributed by atoms with van der Waals surface area (Å²) in [5.74, 6) is -18.1. The summed E-state index contributed by atoms with van der Waals surface area (Å²) >= 11 is 0. The number of hydrogen-bond donors (Lipinski definition) is 0. The van der Waals surface area contributed by atoms with Gasteiger partial charge in [0.25, 0.3) is 0 Å². The van der Waals surface area contributed by atoms with Crippen molar-refractivity contribution in [3.63, 3.8) is 0 Å². The maximum absolute atomic E-state index is 12.9. The van der Waals surface area contributed by atoms with E-state index in [0.29, 0.717) is 0 Å². The molecule has 0 atom stereocenters. The minimum absolute atomic E-state index is 0.183. The molecule has 0 unspecified atom stereocenters. The average Bonchev–Trinajstić information content (AvgIpc) is 2.42. The molecule has 4 nitrogen and oxygen atoms in total. The highest BCUT2D eigenvalue weighted by Crippen LogP contribution is 2.55. The Labute approximate surface area is 147 Å². The van der Waals surface area contributed by atoms with Crippen molar-refractivity contribution in [3.8, 4) is 0 Å². The molecule has 0 spiro atoms. The molecular weight excluding hydrogens is 469 g/mol. The van der Waals surface area contributed by atoms with E-state index >= 15 is 0 Å². The maximum Gasteiger partial charge on any atom is 0.542 e. The monoisotopic (exact) mass is 472 g/mol. The maximum atomic E-state index is 12.9. The van der Waals surface area contributed by atoms with Gasteiger partial charge >= 0.3 is 48.6 Å². The topological polar surface area (TPSA) is 44.8 Å². The lowest BCUT2D eigenvalue weighted by atomic mass is 10.1. The zero-order chi connectivity index (χ0) is 23.9. The van der Waals surface area contributed by atoms with Crippen molar-refractivity contribution in [2.45, 2.75) is 42.6 Å². The molecule has 0 saturated carbocycles. The lowest BCUT2D eigenvalue weighted by molar-refractivity contribution is -0.558. The van der Waals surface area contributed by atoms with Gasteiger partial charge in [-0.15, -0.1) is 8.78 Å². The van der Waals surface area contributed by atoms with Gasteiger partial charge < -0.3 is 4.74 Å². The molecule has 0 radical (unpaired) electrons. The summed E-state index contributed by atoms with van der Waals surface area (Å²) in [6, 6.07) is 0. The third-order valence-electron chi connectivity index (χ3n) is 2.34. The number of ether oxygens (including phenoxy) is 3. The Bertz CT molecular complexity index is 623. The van der Waals surface area contributed by atoms with Crippen LogP contribution in [0.3, 0.4) is 0 Å². The van der Waals surface area contributed by atoms with Crippen LogP contribution in [0.1, 0.15) is 0 Å². The van der Waals surface area contributed by atoms with Crippen molar-refractivity contribution in [2.24, 2.45) is 0 Å². The van der Waals surface area contributed by atoms with Crippen molar-refractivity contribution < 1.29 is 84.9 Å². The molecule has 19 heteroatoms. The Hall–Kier alpha value is -1.92. The molecular formula is C10H3F15O4. The van der Waals surface area contributed by atoms with Gasteiger partial charge in [-0.3, -0.25) is 0 Å². The summed E-state index contributed by atoms with van der Waals surface area (Å²) in [6.45, 7) is 2.44. The van der Waals surface area contributed by atoms with Crippen LogP contribution in [-0.2, 0) is 19.0 Å². The number of alkyl halides is 15. The first-order valence-corrected chi connectivity index (χ1v) is 5.96. The molecule has 0 aromatic carbocycles. The summed E-state index contributed by atoms with van der Waals surface area (Å²) in [5, 5.41) is 0. The highest BCUT2D eigenvalue weighted by molar-refractivity contribution is 5.81. The highest BCUT2D eigenvalue weighted by Gasteiger charge is 2.85. The van der Waals surface area contributed by atoms with Gasteiger partial charge in [0.1, 0.15) is 0 Å². The number of carbonyl (C=O) groups is 1. The number of rotatable bonds is 9. The average molecular weight is 472 g/mol. The second-order valence-electron chi connectivity index (χ2n) is 4.49. The van der Waals surface area contributed by atoms with Gasteiger partial charge in [0, 0.05) is 6.08 Å². The lowest BCUT2D eigenvalue weighted by Gasteiger charge is -2.36. The van der Waals surface area contributed by atoms with Crippen molar-refractivity contribution >= 4 is 5.97 Å². The first kappa shape index (κ1) is 27.1. The third kappa shape index (κ3) is 5.37. The smallest absolute Gasteiger partial charge is 0.373 e. The van der Waals surface area contributed by atoms with E-state index < -0.39 is 48.6 Å². The second-order valence-corrected chi connectivity index (χ2v) is 4.49. The molecule has 0 saturated heterocycles. The summed E-state index contributed by atoms with van der Waals surface area (Å²) in [5.41, 5.74) is 0. The van der Waals surface area contributed by atoms with Crippen LogP contribution in [0, 0.1) is 0 Å². The van der Waals surface area contributed by atoms with E-state index in [-0.39, 0.29) is 6.08 Å². The SMILES string of the molecule is C=CC(=O)OC(F)(F)OC(F)(F)C(F)(F)OC(F)(F)C(F)(F)C(F)(F)C(F)(F)F. The Morgan fingerprint density at radius 3 is 1.34 bits per heavy atom. The Kier molecular flexibility index (Phi) is 6.91. The molecule has 172 valence electrons. The van der Waals surface area contributed by atoms with E-state index in [9.17, 15) is 70.7 Å². The fraction of sp³-hybridized carbons (Fsp3) is 0.700. The molecule has 0 aromatic rings. The molecule has 29 heavy (non-hydrogen) atoms. The summed E-state index contributed by atoms with van der Waals surface area (Å²) in [4.78, 5) is 10.4. The van der Waals surface area contributed by atoms with E-state index in [1.54, 1.807) is 0 Å². The largest absolute Gasteiger partial charge is 0.542 e. The predicted octanol–water partition coefficient (Wildman–Crippen LogP) is 4.91. The number of halogens is 15. The highest BCUT2D eigenvalue weighted by atomic mass is 19.4. The van der Waals surface area contributed by atoms with Crippen LogP contribution >= 0.6 is 0 Å². The summed E-state index contributed by atoms with van der Waals surface area (Å²) in [6.07, 6.45) is -36.1. The molecule has 0 aliphatic rings. The molecule has 0 aliphatic carbocycles.